The first-order valence-corrected chi connectivity index (χ1v) is 22.9. The fourth-order valence-electron chi connectivity index (χ4n) is 10.4. The van der Waals surface area contributed by atoms with Gasteiger partial charge in [-0.15, -0.1) is 0 Å². The Balaban J connectivity index is 1.03. The highest BCUT2D eigenvalue weighted by atomic mass is 16.3. The Labute approximate surface area is 388 Å². The number of nitrogens with zero attached hydrogens (tertiary/aromatic N) is 2. The number of hydrogen-bond donors (Lipinski definition) is 0. The number of hydrogen-bond acceptors (Lipinski definition) is 2. The maximum absolute atomic E-state index is 6.61. The Morgan fingerprint density at radius 2 is 0.896 bits per heavy atom. The second kappa shape index (κ2) is 16.0. The molecule has 0 fully saturated rings. The van der Waals surface area contributed by atoms with Crippen molar-refractivity contribution in [1.29, 1.82) is 0 Å². The molecule has 3 nitrogen and oxygen atoms in total. The fourth-order valence-corrected chi connectivity index (χ4v) is 10.4. The Morgan fingerprint density at radius 3 is 1.73 bits per heavy atom. The van der Waals surface area contributed by atoms with Crippen LogP contribution in [-0.2, 0) is 0 Å². The number of furan rings is 1. The predicted molar refractivity (Wildman–Crippen MR) is 282 cm³/mol. The second-order valence-corrected chi connectivity index (χ2v) is 17.2. The van der Waals surface area contributed by atoms with Gasteiger partial charge in [0.15, 0.2) is 0 Å². The molecule has 0 amide bonds. The van der Waals surface area contributed by atoms with Crippen LogP contribution in [0.5, 0.6) is 0 Å². The summed E-state index contributed by atoms with van der Waals surface area (Å²) < 4.78 is 9.00. The predicted octanol–water partition coefficient (Wildman–Crippen LogP) is 18.0. The molecule has 13 aromatic rings. The Kier molecular flexibility index (Phi) is 9.17. The van der Waals surface area contributed by atoms with Crippen molar-refractivity contribution in [2.24, 2.45) is 0 Å². The van der Waals surface area contributed by atoms with Gasteiger partial charge in [0.25, 0.3) is 0 Å². The first kappa shape index (κ1) is 38.5. The van der Waals surface area contributed by atoms with E-state index >= 15 is 0 Å². The van der Waals surface area contributed by atoms with Crippen molar-refractivity contribution < 1.29 is 4.42 Å². The zero-order valence-corrected chi connectivity index (χ0v) is 36.6. The molecule has 0 atom stereocenters. The van der Waals surface area contributed by atoms with Gasteiger partial charge in [-0.3, -0.25) is 0 Å². The molecular formula is C64H42N2O. The number of rotatable bonds is 8. The largest absolute Gasteiger partial charge is 0.455 e. The Hall–Kier alpha value is -8.92. The van der Waals surface area contributed by atoms with Crippen LogP contribution < -0.4 is 4.90 Å². The average Bonchev–Trinajstić information content (AvgIpc) is 3.95. The lowest BCUT2D eigenvalue weighted by atomic mass is 9.90. The van der Waals surface area contributed by atoms with Crippen molar-refractivity contribution >= 4 is 71.6 Å². The van der Waals surface area contributed by atoms with Gasteiger partial charge >= 0.3 is 0 Å². The number of aromatic nitrogens is 1. The molecule has 67 heavy (non-hydrogen) atoms. The van der Waals surface area contributed by atoms with Crippen LogP contribution >= 0.6 is 0 Å². The summed E-state index contributed by atoms with van der Waals surface area (Å²) in [6, 6.07) is 92.0. The molecule has 0 bridgehead atoms. The monoisotopic (exact) mass is 854 g/mol. The minimum absolute atomic E-state index is 0.890. The molecule has 0 radical (unpaired) electrons. The van der Waals surface area contributed by atoms with Crippen LogP contribution in [-0.4, -0.2) is 4.57 Å². The molecule has 0 saturated carbocycles. The summed E-state index contributed by atoms with van der Waals surface area (Å²) in [6.45, 7) is 0. The van der Waals surface area contributed by atoms with E-state index in [0.29, 0.717) is 0 Å². The lowest BCUT2D eigenvalue weighted by Gasteiger charge is -2.29. The Bertz CT molecular complexity index is 3990. The summed E-state index contributed by atoms with van der Waals surface area (Å²) in [4.78, 5) is 2.44. The summed E-state index contributed by atoms with van der Waals surface area (Å²) in [7, 11) is 0. The van der Waals surface area contributed by atoms with E-state index in [9.17, 15) is 0 Å². The molecule has 2 heterocycles. The van der Waals surface area contributed by atoms with Crippen molar-refractivity contribution in [3.05, 3.63) is 255 Å². The van der Waals surface area contributed by atoms with E-state index in [1.54, 1.807) is 0 Å². The van der Waals surface area contributed by atoms with E-state index in [0.717, 1.165) is 72.5 Å². The van der Waals surface area contributed by atoms with Gasteiger partial charge in [0.2, 0.25) is 0 Å². The molecule has 0 aliphatic carbocycles. The van der Waals surface area contributed by atoms with Crippen LogP contribution in [0.4, 0.5) is 17.1 Å². The molecule has 0 saturated heterocycles. The normalized spacial score (nSPS) is 11.6. The molecule has 0 N–H and O–H groups in total. The quantitative estimate of drug-likeness (QED) is 0.152. The fraction of sp³-hybridized carbons (Fsp3) is 0. The molecule has 11 aromatic carbocycles. The summed E-state index contributed by atoms with van der Waals surface area (Å²) in [5.41, 5.74) is 17.6. The van der Waals surface area contributed by atoms with Crippen molar-refractivity contribution in [3.8, 4) is 50.2 Å². The number of benzene rings is 11. The highest BCUT2D eigenvalue weighted by Crippen LogP contribution is 2.47. The maximum Gasteiger partial charge on any atom is 0.143 e. The van der Waals surface area contributed by atoms with Crippen LogP contribution in [0.3, 0.4) is 0 Å². The lowest BCUT2D eigenvalue weighted by Crippen LogP contribution is -2.11. The van der Waals surface area contributed by atoms with Crippen molar-refractivity contribution in [3.63, 3.8) is 0 Å². The van der Waals surface area contributed by atoms with Gasteiger partial charge in [-0.2, -0.15) is 0 Å². The molecule has 0 aliphatic rings. The van der Waals surface area contributed by atoms with E-state index < -0.39 is 0 Å². The molecule has 13 rings (SSSR count). The summed E-state index contributed by atoms with van der Waals surface area (Å²) in [5.74, 6) is 0. The van der Waals surface area contributed by atoms with Gasteiger partial charge in [-0.1, -0.05) is 194 Å². The van der Waals surface area contributed by atoms with Gasteiger partial charge in [0.05, 0.1) is 16.7 Å². The smallest absolute Gasteiger partial charge is 0.143 e. The van der Waals surface area contributed by atoms with Crippen molar-refractivity contribution in [2.45, 2.75) is 0 Å². The number of fused-ring (bicyclic) bond motifs is 7. The van der Waals surface area contributed by atoms with Crippen molar-refractivity contribution in [2.75, 3.05) is 4.90 Å². The first-order valence-electron chi connectivity index (χ1n) is 22.9. The molecule has 314 valence electrons. The standard InChI is InChI=1S/C64H42N2O/c1-3-18-43(19-4-1)51-31-15-20-44-21-16-33-57(63(44)51)54-29-8-10-35-59(54)65(50-27-14-23-47(41-50)52-32-17-34-58-56-30-9-12-37-62(56)67-64(52)58)49-26-13-22-45(40-49)46-38-39-55-53-28-7-11-36-60(53)66(61(55)42-46)48-24-5-2-6-25-48/h1-42H. The van der Waals surface area contributed by atoms with E-state index in [-0.39, 0.29) is 0 Å². The zero-order chi connectivity index (χ0) is 44.3. The zero-order valence-electron chi connectivity index (χ0n) is 36.6. The van der Waals surface area contributed by atoms with E-state index in [1.165, 1.54) is 49.3 Å². The Morgan fingerprint density at radius 1 is 0.328 bits per heavy atom. The van der Waals surface area contributed by atoms with Crippen LogP contribution in [0.2, 0.25) is 0 Å². The first-order chi connectivity index (χ1) is 33.2. The second-order valence-electron chi connectivity index (χ2n) is 17.2. The lowest BCUT2D eigenvalue weighted by molar-refractivity contribution is 0.670. The average molecular weight is 855 g/mol. The number of anilines is 3. The highest BCUT2D eigenvalue weighted by molar-refractivity contribution is 6.12. The van der Waals surface area contributed by atoms with E-state index in [1.807, 2.05) is 6.07 Å². The molecule has 0 spiro atoms. The number of para-hydroxylation sites is 5. The molecule has 3 heteroatoms. The third-order valence-electron chi connectivity index (χ3n) is 13.4. The van der Waals surface area contributed by atoms with Crippen LogP contribution in [0.1, 0.15) is 0 Å². The molecule has 0 aliphatic heterocycles. The summed E-state index contributed by atoms with van der Waals surface area (Å²) in [6.07, 6.45) is 0. The van der Waals surface area contributed by atoms with Gasteiger partial charge in [-0.25, -0.2) is 0 Å². The minimum Gasteiger partial charge on any atom is -0.455 e. The molecular weight excluding hydrogens is 813 g/mol. The van der Waals surface area contributed by atoms with E-state index in [2.05, 4.69) is 258 Å². The molecule has 2 aromatic heterocycles. The minimum atomic E-state index is 0.890. The van der Waals surface area contributed by atoms with Gasteiger partial charge in [0, 0.05) is 49.7 Å². The van der Waals surface area contributed by atoms with Gasteiger partial charge < -0.3 is 13.9 Å². The SMILES string of the molecule is c1ccc(-c2cccc3cccc(-c4ccccc4N(c4cccc(-c5ccc6c7ccccc7n(-c7ccccc7)c6c5)c4)c4cccc(-c5cccc6c5oc5ccccc56)c4)c23)cc1. The summed E-state index contributed by atoms with van der Waals surface area (Å²) in [5, 5.41) is 7.14. The van der Waals surface area contributed by atoms with Crippen LogP contribution in [0, 0.1) is 0 Å². The van der Waals surface area contributed by atoms with Gasteiger partial charge in [-0.05, 0) is 105 Å². The van der Waals surface area contributed by atoms with Crippen molar-refractivity contribution in [1.82, 2.24) is 4.57 Å². The van der Waals surface area contributed by atoms with E-state index in [4.69, 9.17) is 4.42 Å². The third kappa shape index (κ3) is 6.51. The van der Waals surface area contributed by atoms with Crippen LogP contribution in [0.15, 0.2) is 259 Å². The highest BCUT2D eigenvalue weighted by Gasteiger charge is 2.22. The maximum atomic E-state index is 6.61. The van der Waals surface area contributed by atoms with Crippen LogP contribution in [0.25, 0.3) is 105 Å². The van der Waals surface area contributed by atoms with Gasteiger partial charge in [0.1, 0.15) is 11.2 Å². The molecule has 0 unspecified atom stereocenters. The third-order valence-corrected chi connectivity index (χ3v) is 13.4. The summed E-state index contributed by atoms with van der Waals surface area (Å²) >= 11 is 0. The topological polar surface area (TPSA) is 21.3 Å².